The molecule has 0 amide bonds. The highest BCUT2D eigenvalue weighted by Gasteiger charge is 2.51. The molecule has 20 heteroatoms. The Hall–Kier alpha value is -8.76. The first-order valence-electron chi connectivity index (χ1n) is 33.7. The van der Waals surface area contributed by atoms with E-state index in [2.05, 4.69) is 226 Å². The van der Waals surface area contributed by atoms with Crippen LogP contribution in [0.4, 0.5) is 34.1 Å². The predicted octanol–water partition coefficient (Wildman–Crippen LogP) is 18.7. The Labute approximate surface area is 599 Å². The number of halogens is 2. The number of hydrogen-bond acceptors (Lipinski definition) is 12. The van der Waals surface area contributed by atoms with Crippen LogP contribution in [0.2, 0.25) is 0 Å². The lowest BCUT2D eigenvalue weighted by molar-refractivity contribution is -0.455. The van der Waals surface area contributed by atoms with Gasteiger partial charge in [0.1, 0.15) is 20.2 Å². The van der Waals surface area contributed by atoms with Crippen molar-refractivity contribution < 1.29 is 44.9 Å². The summed E-state index contributed by atoms with van der Waals surface area (Å²) >= 11 is 7.07. The van der Waals surface area contributed by atoms with Gasteiger partial charge >= 0.3 is 0 Å². The number of hydrogen-bond donors (Lipinski definition) is 0. The number of likely N-dealkylation sites (N-methyl/N-ethyl adjacent to an activating group) is 2. The summed E-state index contributed by atoms with van der Waals surface area (Å²) in [5.74, 6) is 0. The molecular formula is C80H74Br2N6O10S2. The number of allylic oxidation sites excluding steroid dienone is 8. The third kappa shape index (κ3) is 11.6. The average Bonchev–Trinajstić information content (AvgIpc) is 1.58. The summed E-state index contributed by atoms with van der Waals surface area (Å²) in [4.78, 5) is 27.0. The Morgan fingerprint density at radius 2 is 0.860 bits per heavy atom. The fourth-order valence-corrected chi connectivity index (χ4v) is 19.9. The number of benzene rings is 9. The van der Waals surface area contributed by atoms with Crippen molar-refractivity contribution in [1.82, 2.24) is 0 Å². The van der Waals surface area contributed by atoms with E-state index in [-0.39, 0.29) is 53.7 Å². The maximum atomic E-state index is 12.2. The molecule has 2 aliphatic carbocycles. The second-order valence-corrected chi connectivity index (χ2v) is 32.7. The fourth-order valence-electron chi connectivity index (χ4n) is 17.5. The number of rotatable bonds is 12. The van der Waals surface area contributed by atoms with Crippen LogP contribution < -0.4 is 9.80 Å². The van der Waals surface area contributed by atoms with Gasteiger partial charge in [-0.2, -0.15) is 9.15 Å². The molecular weight excluding hydrogens is 1430 g/mol. The summed E-state index contributed by atoms with van der Waals surface area (Å²) in [5.41, 5.74) is 15.5. The molecule has 100 heavy (non-hydrogen) atoms. The van der Waals surface area contributed by atoms with Gasteiger partial charge < -0.3 is 18.9 Å². The van der Waals surface area contributed by atoms with Crippen molar-refractivity contribution in [2.24, 2.45) is 0 Å². The molecule has 16 nitrogen and oxygen atoms in total. The van der Waals surface area contributed by atoms with Gasteiger partial charge in [0.05, 0.1) is 39.4 Å². The molecule has 0 atom stereocenters. The Balaban J connectivity index is 0.000000411. The van der Waals surface area contributed by atoms with Crippen LogP contribution in [0.25, 0.3) is 32.3 Å². The number of nitrogens with zero attached hydrogens (tertiary/aromatic N) is 6. The summed E-state index contributed by atoms with van der Waals surface area (Å²) in [6.45, 7) is 10.8. The highest BCUT2D eigenvalue weighted by Crippen LogP contribution is 2.59. The van der Waals surface area contributed by atoms with Crippen molar-refractivity contribution in [3.63, 3.8) is 0 Å². The molecule has 0 unspecified atom stereocenters. The molecule has 15 rings (SSSR count). The smallest absolute Gasteiger partial charge is 0.283 e. The summed E-state index contributed by atoms with van der Waals surface area (Å²) in [7, 11) is -5.50. The van der Waals surface area contributed by atoms with Crippen LogP contribution >= 0.6 is 31.9 Å². The molecule has 4 aliphatic heterocycles. The number of fused-ring (bicyclic) bond motifs is 11. The van der Waals surface area contributed by atoms with E-state index < -0.39 is 30.0 Å². The van der Waals surface area contributed by atoms with E-state index >= 15 is 0 Å². The van der Waals surface area contributed by atoms with Crippen molar-refractivity contribution >= 4 is 130 Å². The van der Waals surface area contributed by atoms with Crippen molar-refractivity contribution in [1.29, 1.82) is 0 Å². The normalized spacial score (nSPS) is 18.9. The van der Waals surface area contributed by atoms with Crippen molar-refractivity contribution in [2.45, 2.75) is 136 Å². The first-order valence-corrected chi connectivity index (χ1v) is 38.1. The summed E-state index contributed by atoms with van der Waals surface area (Å²) in [6.07, 6.45) is 24.2. The zero-order valence-electron chi connectivity index (χ0n) is 56.3. The van der Waals surface area contributed by atoms with E-state index in [1.54, 1.807) is 0 Å². The average molecular weight is 1500 g/mol. The molecule has 6 aliphatic rings. The van der Waals surface area contributed by atoms with Gasteiger partial charge in [-0.1, -0.05) is 148 Å². The minimum absolute atomic E-state index is 0.120. The monoisotopic (exact) mass is 1500 g/mol. The first-order chi connectivity index (χ1) is 47.7. The molecule has 510 valence electrons. The SMILES string of the molecule is CN1/C(=C/C=C/C2=[N+](Cc3ccc(C[N+]4=C(/C=C/C=C5/N(C)c6cc(Br)c([N+](=O)[O-])cc6C56CCCCC6)C(C)(C)c5c4ccc4ccccc54)cc3)c3ccc4ccccc4c3C2(C)C)C2(CCCCC2)c2cc([N+](=O)[O-])c(Br)cc21.O=S(=O)([O-])c1cccc2cccc(S(=O)(=O)[O-])c12. The summed E-state index contributed by atoms with van der Waals surface area (Å²) < 4.78 is 72.5. The lowest BCUT2D eigenvalue weighted by atomic mass is 9.68. The van der Waals surface area contributed by atoms with E-state index in [1.807, 2.05) is 24.3 Å². The maximum Gasteiger partial charge on any atom is 0.283 e. The molecule has 9 aromatic rings. The largest absolute Gasteiger partial charge is 0.744 e. The molecule has 9 aromatic carbocycles. The zero-order valence-corrected chi connectivity index (χ0v) is 61.1. The fraction of sp³-hybridized carbons (Fsp3) is 0.275. The van der Waals surface area contributed by atoms with Crippen LogP contribution in [-0.4, -0.2) is 70.5 Å². The first kappa shape index (κ1) is 68.4. The molecule has 2 saturated carbocycles. The molecule has 0 aromatic heterocycles. The van der Waals surface area contributed by atoms with Crippen molar-refractivity contribution in [3.8, 4) is 0 Å². The quantitative estimate of drug-likeness (QED) is 0.0483. The van der Waals surface area contributed by atoms with Gasteiger partial charge in [0, 0.05) is 112 Å². The highest BCUT2D eigenvalue weighted by molar-refractivity contribution is 9.11. The zero-order chi connectivity index (χ0) is 70.6. The number of nitro groups is 2. The molecule has 0 N–H and O–H groups in total. The van der Waals surface area contributed by atoms with Crippen LogP contribution in [0.5, 0.6) is 0 Å². The molecule has 0 saturated heterocycles. The van der Waals surface area contributed by atoms with Crippen LogP contribution in [0.3, 0.4) is 0 Å². The standard InChI is InChI=1S/C70H68Br2N6O4.C10H8O6S2/c1-67(2)61(23-17-25-63-69(35-13-7-14-36-69)51-39-59(77(79)80)53(71)41-57(51)73(63)5)75(55-33-31-47-19-9-11-21-49(47)65(55)67)43-45-27-29-46(30-28-45)44-76-56-34-32-48-20-10-12-22-50(48)66(56)68(3,4)62(76)24-18-26-64-70(37-15-8-16-38-70)52-40-60(78(81)82)54(72)42-58(52)74(64)6;11-17(12,13)8-5-1-3-7-4-2-6-9(10(7)8)18(14,15)16/h9-12,17-34,39-42H,7-8,13-16,35-38,43-44H2,1-6H3;1-6H,(H,11,12,13)(H,14,15,16)/q+2;/p-2. The second kappa shape index (κ2) is 25.7. The van der Waals surface area contributed by atoms with Gasteiger partial charge in [-0.3, -0.25) is 20.2 Å². The molecule has 0 bridgehead atoms. The lowest BCUT2D eigenvalue weighted by Crippen LogP contribution is -2.32. The summed E-state index contributed by atoms with van der Waals surface area (Å²) in [5, 5.41) is 29.3. The molecule has 2 fully saturated rings. The van der Waals surface area contributed by atoms with Crippen LogP contribution in [0, 0.1) is 20.2 Å². The van der Waals surface area contributed by atoms with E-state index in [1.165, 1.54) is 115 Å². The Morgan fingerprint density at radius 1 is 0.490 bits per heavy atom. The van der Waals surface area contributed by atoms with Gasteiger partial charge in [0.15, 0.2) is 24.5 Å². The van der Waals surface area contributed by atoms with Crippen LogP contribution in [-0.2, 0) is 55.0 Å². The predicted molar refractivity (Wildman–Crippen MR) is 400 cm³/mol. The Morgan fingerprint density at radius 3 is 1.23 bits per heavy atom. The van der Waals surface area contributed by atoms with E-state index in [4.69, 9.17) is 0 Å². The van der Waals surface area contributed by atoms with Crippen molar-refractivity contribution in [3.05, 3.63) is 268 Å². The topological polar surface area (TPSA) is 213 Å². The molecule has 0 radical (unpaired) electrons. The van der Waals surface area contributed by atoms with Crippen molar-refractivity contribution in [2.75, 3.05) is 23.9 Å². The number of anilines is 2. The number of nitro benzene ring substituents is 2. The highest BCUT2D eigenvalue weighted by atomic mass is 79.9. The van der Waals surface area contributed by atoms with Gasteiger partial charge in [0.2, 0.25) is 11.4 Å². The maximum absolute atomic E-state index is 12.2. The Bertz CT molecular complexity index is 5080. The molecule has 2 spiro atoms. The van der Waals surface area contributed by atoms with Gasteiger partial charge in [-0.15, -0.1) is 0 Å². The van der Waals surface area contributed by atoms with Crippen LogP contribution in [0.1, 0.15) is 125 Å². The Kier molecular flexibility index (Phi) is 17.6. The molecule has 4 heterocycles. The minimum atomic E-state index is -4.87. The van der Waals surface area contributed by atoms with Gasteiger partial charge in [-0.05, 0) is 172 Å². The lowest BCUT2D eigenvalue weighted by Gasteiger charge is -2.36. The minimum Gasteiger partial charge on any atom is -0.744 e. The van der Waals surface area contributed by atoms with E-state index in [0.29, 0.717) is 22.0 Å². The third-order valence-corrected chi connectivity index (χ3v) is 25.0. The van der Waals surface area contributed by atoms with E-state index in [0.717, 1.165) is 86.0 Å². The third-order valence-electron chi connectivity index (χ3n) is 22.0. The summed E-state index contributed by atoms with van der Waals surface area (Å²) in [6, 6.07) is 50.7. The van der Waals surface area contributed by atoms with Crippen LogP contribution in [0.15, 0.2) is 224 Å². The van der Waals surface area contributed by atoms with E-state index in [9.17, 15) is 46.2 Å². The second-order valence-electron chi connectivity index (χ2n) is 28.3. The van der Waals surface area contributed by atoms with Gasteiger partial charge in [0.25, 0.3) is 11.4 Å². The van der Waals surface area contributed by atoms with Gasteiger partial charge in [-0.25, -0.2) is 16.8 Å².